The van der Waals surface area contributed by atoms with E-state index in [2.05, 4.69) is 15.3 Å². The Morgan fingerprint density at radius 1 is 1.41 bits per heavy atom. The number of hydrogen-bond donors (Lipinski definition) is 3. The Labute approximate surface area is 101 Å². The summed E-state index contributed by atoms with van der Waals surface area (Å²) in [5, 5.41) is 12.2. The second-order valence-electron chi connectivity index (χ2n) is 4.17. The summed E-state index contributed by atoms with van der Waals surface area (Å²) in [6, 6.07) is 0. The first kappa shape index (κ1) is 13.5. The van der Waals surface area contributed by atoms with Gasteiger partial charge in [-0.25, -0.2) is 4.98 Å². The molecule has 0 aromatic carbocycles. The molecule has 1 atom stereocenters. The van der Waals surface area contributed by atoms with Crippen molar-refractivity contribution in [3.8, 4) is 5.88 Å². The standard InChI is InChI=1S/C11H20N4O2/c1-7(2)17-11-9(12)10(14-6-15-11)13-5-4-8(3)16/h6-8,16H,4-5,12H2,1-3H3,(H,13,14,15). The molecule has 0 aliphatic heterocycles. The van der Waals surface area contributed by atoms with Crippen molar-refractivity contribution in [2.24, 2.45) is 0 Å². The first-order valence-electron chi connectivity index (χ1n) is 5.69. The summed E-state index contributed by atoms with van der Waals surface area (Å²) in [7, 11) is 0. The highest BCUT2D eigenvalue weighted by Gasteiger charge is 2.10. The largest absolute Gasteiger partial charge is 0.473 e. The highest BCUT2D eigenvalue weighted by Crippen LogP contribution is 2.25. The van der Waals surface area contributed by atoms with E-state index in [-0.39, 0.29) is 12.2 Å². The van der Waals surface area contributed by atoms with Crippen LogP contribution in [0.2, 0.25) is 0 Å². The zero-order chi connectivity index (χ0) is 12.8. The van der Waals surface area contributed by atoms with Gasteiger partial charge in [0.1, 0.15) is 12.0 Å². The Hall–Kier alpha value is -1.56. The van der Waals surface area contributed by atoms with E-state index in [0.717, 1.165) is 0 Å². The molecular weight excluding hydrogens is 220 g/mol. The van der Waals surface area contributed by atoms with Crippen molar-refractivity contribution in [2.45, 2.75) is 39.4 Å². The van der Waals surface area contributed by atoms with Crippen LogP contribution in [0.1, 0.15) is 27.2 Å². The smallest absolute Gasteiger partial charge is 0.242 e. The van der Waals surface area contributed by atoms with E-state index in [1.165, 1.54) is 6.33 Å². The maximum atomic E-state index is 9.14. The number of nitrogen functional groups attached to an aromatic ring is 1. The minimum atomic E-state index is -0.350. The lowest BCUT2D eigenvalue weighted by molar-refractivity contribution is 0.188. The second-order valence-corrected chi connectivity index (χ2v) is 4.17. The maximum absolute atomic E-state index is 9.14. The van der Waals surface area contributed by atoms with Gasteiger partial charge in [0.15, 0.2) is 5.82 Å². The molecule has 1 unspecified atom stereocenters. The zero-order valence-corrected chi connectivity index (χ0v) is 10.5. The van der Waals surface area contributed by atoms with Gasteiger partial charge in [0, 0.05) is 6.54 Å². The van der Waals surface area contributed by atoms with Crippen molar-refractivity contribution in [3.63, 3.8) is 0 Å². The number of aromatic nitrogens is 2. The van der Waals surface area contributed by atoms with Crippen LogP contribution in [0.25, 0.3) is 0 Å². The second kappa shape index (κ2) is 6.24. The van der Waals surface area contributed by atoms with Crippen LogP contribution in [-0.4, -0.2) is 33.8 Å². The van der Waals surface area contributed by atoms with Crippen LogP contribution in [-0.2, 0) is 0 Å². The molecule has 1 aromatic heterocycles. The Bertz CT molecular complexity index is 355. The number of aliphatic hydroxyl groups is 1. The first-order chi connectivity index (χ1) is 8.00. The monoisotopic (exact) mass is 240 g/mol. The van der Waals surface area contributed by atoms with Gasteiger partial charge in [-0.15, -0.1) is 0 Å². The highest BCUT2D eigenvalue weighted by atomic mass is 16.5. The molecule has 1 rings (SSSR count). The van der Waals surface area contributed by atoms with Gasteiger partial charge in [-0.2, -0.15) is 4.98 Å². The van der Waals surface area contributed by atoms with E-state index in [1.54, 1.807) is 6.92 Å². The summed E-state index contributed by atoms with van der Waals surface area (Å²) in [6.45, 7) is 6.14. The molecular formula is C11H20N4O2. The van der Waals surface area contributed by atoms with Crippen LogP contribution in [0.4, 0.5) is 11.5 Å². The number of hydrogen-bond acceptors (Lipinski definition) is 6. The summed E-state index contributed by atoms with van der Waals surface area (Å²) in [5.74, 6) is 0.922. The zero-order valence-electron chi connectivity index (χ0n) is 10.5. The summed E-state index contributed by atoms with van der Waals surface area (Å²) in [5.41, 5.74) is 6.27. The van der Waals surface area contributed by atoms with E-state index in [9.17, 15) is 0 Å². The number of aliphatic hydroxyl groups excluding tert-OH is 1. The minimum absolute atomic E-state index is 0.0116. The molecule has 0 spiro atoms. The number of nitrogens with zero attached hydrogens (tertiary/aromatic N) is 2. The first-order valence-corrected chi connectivity index (χ1v) is 5.69. The molecule has 1 aromatic rings. The van der Waals surface area contributed by atoms with Crippen molar-refractivity contribution < 1.29 is 9.84 Å². The van der Waals surface area contributed by atoms with E-state index in [1.807, 2.05) is 13.8 Å². The molecule has 6 heteroatoms. The molecule has 0 saturated carbocycles. The van der Waals surface area contributed by atoms with Crippen molar-refractivity contribution in [1.82, 2.24) is 9.97 Å². The van der Waals surface area contributed by atoms with Crippen LogP contribution < -0.4 is 15.8 Å². The molecule has 0 aliphatic rings. The maximum Gasteiger partial charge on any atom is 0.242 e. The molecule has 17 heavy (non-hydrogen) atoms. The Kier molecular flexibility index (Phi) is 4.96. The number of rotatable bonds is 6. The van der Waals surface area contributed by atoms with Gasteiger partial charge in [0.05, 0.1) is 12.2 Å². The van der Waals surface area contributed by atoms with E-state index < -0.39 is 0 Å². The third-order valence-electron chi connectivity index (χ3n) is 2.05. The Balaban J connectivity index is 2.66. The third kappa shape index (κ3) is 4.44. The van der Waals surface area contributed by atoms with Crippen LogP contribution in [0.5, 0.6) is 5.88 Å². The molecule has 0 bridgehead atoms. The minimum Gasteiger partial charge on any atom is -0.473 e. The van der Waals surface area contributed by atoms with E-state index in [4.69, 9.17) is 15.6 Å². The lowest BCUT2D eigenvalue weighted by Gasteiger charge is -2.13. The quantitative estimate of drug-likeness (QED) is 0.687. The van der Waals surface area contributed by atoms with E-state index in [0.29, 0.717) is 30.4 Å². The summed E-state index contributed by atoms with van der Waals surface area (Å²) in [6.07, 6.45) is 1.69. The molecule has 1 heterocycles. The SMILES string of the molecule is CC(O)CCNc1ncnc(OC(C)C)c1N. The van der Waals surface area contributed by atoms with Crippen LogP contribution in [0.15, 0.2) is 6.33 Å². The topological polar surface area (TPSA) is 93.3 Å². The fraction of sp³-hybridized carbons (Fsp3) is 0.636. The van der Waals surface area contributed by atoms with Gasteiger partial charge in [-0.3, -0.25) is 0 Å². The molecule has 0 aliphatic carbocycles. The summed E-state index contributed by atoms with van der Waals surface area (Å²) < 4.78 is 5.45. The van der Waals surface area contributed by atoms with Crippen LogP contribution in [0.3, 0.4) is 0 Å². The molecule has 0 radical (unpaired) electrons. The lowest BCUT2D eigenvalue weighted by Crippen LogP contribution is -2.14. The van der Waals surface area contributed by atoms with Crippen LogP contribution >= 0.6 is 0 Å². The van der Waals surface area contributed by atoms with Gasteiger partial charge in [0.2, 0.25) is 5.88 Å². The number of nitrogens with two attached hydrogens (primary N) is 1. The van der Waals surface area contributed by atoms with Crippen molar-refractivity contribution in [1.29, 1.82) is 0 Å². The van der Waals surface area contributed by atoms with Crippen molar-refractivity contribution in [2.75, 3.05) is 17.6 Å². The number of nitrogens with one attached hydrogen (secondary N) is 1. The number of anilines is 2. The summed E-state index contributed by atoms with van der Waals surface area (Å²) >= 11 is 0. The molecule has 0 amide bonds. The lowest BCUT2D eigenvalue weighted by atomic mass is 10.3. The fourth-order valence-electron chi connectivity index (χ4n) is 1.24. The molecule has 0 fully saturated rings. The molecule has 96 valence electrons. The predicted molar refractivity (Wildman–Crippen MR) is 67.0 cm³/mol. The van der Waals surface area contributed by atoms with Crippen molar-refractivity contribution >= 4 is 11.5 Å². The molecule has 6 nitrogen and oxygen atoms in total. The average Bonchev–Trinajstić information content (AvgIpc) is 2.22. The highest BCUT2D eigenvalue weighted by molar-refractivity contribution is 5.66. The van der Waals surface area contributed by atoms with Gasteiger partial charge >= 0.3 is 0 Å². The van der Waals surface area contributed by atoms with Gasteiger partial charge in [-0.05, 0) is 27.2 Å². The van der Waals surface area contributed by atoms with Gasteiger partial charge < -0.3 is 20.9 Å². The normalized spacial score (nSPS) is 12.5. The van der Waals surface area contributed by atoms with Gasteiger partial charge in [0.25, 0.3) is 0 Å². The Morgan fingerprint density at radius 3 is 2.71 bits per heavy atom. The summed E-state index contributed by atoms with van der Waals surface area (Å²) in [4.78, 5) is 8.01. The Morgan fingerprint density at radius 2 is 2.12 bits per heavy atom. The average molecular weight is 240 g/mol. The van der Waals surface area contributed by atoms with Gasteiger partial charge in [-0.1, -0.05) is 0 Å². The number of ether oxygens (including phenoxy) is 1. The molecule has 4 N–H and O–H groups in total. The molecule has 0 saturated heterocycles. The third-order valence-corrected chi connectivity index (χ3v) is 2.05. The van der Waals surface area contributed by atoms with Crippen molar-refractivity contribution in [3.05, 3.63) is 6.33 Å². The van der Waals surface area contributed by atoms with Crippen LogP contribution in [0, 0.1) is 0 Å². The van der Waals surface area contributed by atoms with E-state index >= 15 is 0 Å². The predicted octanol–water partition coefficient (Wildman–Crippen LogP) is 1.03. The fourth-order valence-corrected chi connectivity index (χ4v) is 1.24.